The normalized spacial score (nSPS) is 48.0. The van der Waals surface area contributed by atoms with Crippen molar-refractivity contribution in [2.75, 3.05) is 6.61 Å². The van der Waals surface area contributed by atoms with E-state index >= 15 is 0 Å². The van der Waals surface area contributed by atoms with Gasteiger partial charge in [-0.1, -0.05) is 38.5 Å². The number of hydrogen-bond donors (Lipinski definition) is 2. The second-order valence-electron chi connectivity index (χ2n) is 11.8. The monoisotopic (exact) mass is 428 g/mol. The van der Waals surface area contributed by atoms with Crippen LogP contribution in [0.3, 0.4) is 0 Å². The van der Waals surface area contributed by atoms with Gasteiger partial charge in [-0.05, 0) is 91.8 Å². The van der Waals surface area contributed by atoms with Crippen molar-refractivity contribution in [3.8, 4) is 0 Å². The molecule has 1 heterocycles. The molecule has 0 bridgehead atoms. The minimum absolute atomic E-state index is 0.0590. The number of esters is 1. The molecule has 3 saturated carbocycles. The fourth-order valence-electron chi connectivity index (χ4n) is 8.86. The molecule has 0 spiro atoms. The fourth-order valence-corrected chi connectivity index (χ4v) is 8.86. The van der Waals surface area contributed by atoms with Crippen molar-refractivity contribution in [1.29, 1.82) is 0 Å². The molecule has 0 aromatic rings. The molecule has 9 atom stereocenters. The van der Waals surface area contributed by atoms with Crippen LogP contribution >= 0.6 is 0 Å². The molecular formula is C27H40O4. The van der Waals surface area contributed by atoms with Gasteiger partial charge in [0.15, 0.2) is 0 Å². The molecule has 0 aromatic heterocycles. The lowest BCUT2D eigenvalue weighted by atomic mass is 9.47. The second kappa shape index (κ2) is 7.73. The Hall–Kier alpha value is -1.13. The number of cyclic esters (lactones) is 1. The molecule has 4 aliphatic carbocycles. The SMILES string of the molecule is C[C@@H](C1CC[C@H]2[C@@H]3CC=C4C[C@@H](O)CC[C@]4(C)[C@H]3CC[C@]12C)[C@H]1CC=C(CO)C(=O)O1. The van der Waals surface area contributed by atoms with Crippen LogP contribution in [0.4, 0.5) is 0 Å². The first-order chi connectivity index (χ1) is 14.8. The zero-order valence-electron chi connectivity index (χ0n) is 19.5. The van der Waals surface area contributed by atoms with Crippen molar-refractivity contribution in [1.82, 2.24) is 0 Å². The van der Waals surface area contributed by atoms with Crippen LogP contribution in [0.1, 0.15) is 78.6 Å². The molecule has 4 nitrogen and oxygen atoms in total. The smallest absolute Gasteiger partial charge is 0.336 e. The van der Waals surface area contributed by atoms with E-state index in [1.54, 1.807) is 5.57 Å². The summed E-state index contributed by atoms with van der Waals surface area (Å²) in [6.07, 6.45) is 14.2. The Bertz CT molecular complexity index is 799. The van der Waals surface area contributed by atoms with Crippen LogP contribution in [-0.2, 0) is 9.53 Å². The first-order valence-corrected chi connectivity index (χ1v) is 12.7. The molecule has 5 rings (SSSR count). The minimum atomic E-state index is -0.327. The zero-order chi connectivity index (χ0) is 22.0. The van der Waals surface area contributed by atoms with Crippen LogP contribution in [0.2, 0.25) is 0 Å². The number of fused-ring (bicyclic) bond motifs is 5. The third-order valence-electron chi connectivity index (χ3n) is 10.7. The molecule has 2 N–H and O–H groups in total. The third-order valence-corrected chi connectivity index (χ3v) is 10.7. The van der Waals surface area contributed by atoms with Gasteiger partial charge in [0.2, 0.25) is 0 Å². The molecule has 1 aliphatic heterocycles. The lowest BCUT2D eigenvalue weighted by molar-refractivity contribution is -0.151. The van der Waals surface area contributed by atoms with Crippen molar-refractivity contribution in [3.05, 3.63) is 23.3 Å². The van der Waals surface area contributed by atoms with Crippen LogP contribution in [0.15, 0.2) is 23.3 Å². The van der Waals surface area contributed by atoms with E-state index in [2.05, 4.69) is 26.8 Å². The summed E-state index contributed by atoms with van der Waals surface area (Å²) in [5.41, 5.74) is 2.57. The number of allylic oxidation sites excluding steroid dienone is 1. The Morgan fingerprint density at radius 3 is 2.65 bits per heavy atom. The van der Waals surface area contributed by atoms with E-state index in [-0.39, 0.29) is 30.2 Å². The Morgan fingerprint density at radius 1 is 1.10 bits per heavy atom. The second-order valence-corrected chi connectivity index (χ2v) is 11.8. The van der Waals surface area contributed by atoms with Gasteiger partial charge < -0.3 is 14.9 Å². The Morgan fingerprint density at radius 2 is 1.90 bits per heavy atom. The fraction of sp³-hybridized carbons (Fsp3) is 0.815. The molecule has 5 aliphatic rings. The van der Waals surface area contributed by atoms with E-state index in [4.69, 9.17) is 4.74 Å². The highest BCUT2D eigenvalue weighted by atomic mass is 16.5. The summed E-state index contributed by atoms with van der Waals surface area (Å²) in [5.74, 6) is 2.88. The summed E-state index contributed by atoms with van der Waals surface area (Å²) in [4.78, 5) is 12.2. The molecule has 3 fully saturated rings. The van der Waals surface area contributed by atoms with Gasteiger partial charge in [0.25, 0.3) is 0 Å². The number of ether oxygens (including phenoxy) is 1. The Balaban J connectivity index is 1.36. The molecule has 0 saturated heterocycles. The van der Waals surface area contributed by atoms with Gasteiger partial charge in [-0.2, -0.15) is 0 Å². The number of aliphatic hydroxyl groups is 2. The maximum atomic E-state index is 12.2. The summed E-state index contributed by atoms with van der Waals surface area (Å²) in [5, 5.41) is 19.6. The molecule has 0 aromatic carbocycles. The summed E-state index contributed by atoms with van der Waals surface area (Å²) >= 11 is 0. The van der Waals surface area contributed by atoms with Crippen molar-refractivity contribution in [3.63, 3.8) is 0 Å². The van der Waals surface area contributed by atoms with Crippen LogP contribution in [0, 0.1) is 40.4 Å². The topological polar surface area (TPSA) is 66.8 Å². The Labute approximate surface area is 187 Å². The van der Waals surface area contributed by atoms with Gasteiger partial charge in [0, 0.05) is 6.42 Å². The first kappa shape index (κ1) is 21.7. The Kier molecular flexibility index (Phi) is 5.41. The average Bonchev–Trinajstić information content (AvgIpc) is 3.11. The number of carbonyl (C=O) groups is 1. The first-order valence-electron chi connectivity index (χ1n) is 12.7. The van der Waals surface area contributed by atoms with Gasteiger partial charge in [0.1, 0.15) is 6.10 Å². The predicted octanol–water partition coefficient (Wildman–Crippen LogP) is 4.80. The highest BCUT2D eigenvalue weighted by molar-refractivity contribution is 5.89. The summed E-state index contributed by atoms with van der Waals surface area (Å²) < 4.78 is 5.79. The standard InChI is InChI=1S/C27H40O4/c1-16(24-9-4-17(15-28)25(30)31-24)21-7-8-22-20-6-5-18-14-19(29)10-12-26(18,2)23(20)11-13-27(21,22)3/h4-5,16,19-24,28-29H,6-15H2,1-3H3/t16-,19-,20-,21?,22-,23-,24+,26-,27+/m0/s1. The van der Waals surface area contributed by atoms with Gasteiger partial charge in [0.05, 0.1) is 18.3 Å². The van der Waals surface area contributed by atoms with E-state index < -0.39 is 0 Å². The molecule has 4 heteroatoms. The van der Waals surface area contributed by atoms with Crippen LogP contribution in [-0.4, -0.2) is 35.0 Å². The van der Waals surface area contributed by atoms with E-state index in [1.807, 2.05) is 6.08 Å². The van der Waals surface area contributed by atoms with Crippen LogP contribution < -0.4 is 0 Å². The molecule has 0 radical (unpaired) electrons. The molecular weight excluding hydrogens is 388 g/mol. The summed E-state index contributed by atoms with van der Waals surface area (Å²) in [6.45, 7) is 7.10. The summed E-state index contributed by atoms with van der Waals surface area (Å²) in [7, 11) is 0. The number of rotatable bonds is 3. The molecule has 31 heavy (non-hydrogen) atoms. The van der Waals surface area contributed by atoms with Crippen molar-refractivity contribution < 1.29 is 19.7 Å². The minimum Gasteiger partial charge on any atom is -0.458 e. The van der Waals surface area contributed by atoms with Gasteiger partial charge in [-0.25, -0.2) is 4.79 Å². The predicted molar refractivity (Wildman–Crippen MR) is 120 cm³/mol. The number of carbonyl (C=O) groups excluding carboxylic acids is 1. The quantitative estimate of drug-likeness (QED) is 0.501. The maximum absolute atomic E-state index is 12.2. The number of hydrogen-bond acceptors (Lipinski definition) is 4. The molecule has 1 unspecified atom stereocenters. The van der Waals surface area contributed by atoms with E-state index in [9.17, 15) is 15.0 Å². The van der Waals surface area contributed by atoms with Crippen LogP contribution in [0.25, 0.3) is 0 Å². The zero-order valence-corrected chi connectivity index (χ0v) is 19.5. The van der Waals surface area contributed by atoms with Crippen molar-refractivity contribution >= 4 is 5.97 Å². The van der Waals surface area contributed by atoms with E-state index in [0.717, 1.165) is 43.4 Å². The average molecular weight is 429 g/mol. The van der Waals surface area contributed by atoms with E-state index in [1.165, 1.54) is 32.1 Å². The molecule has 172 valence electrons. The largest absolute Gasteiger partial charge is 0.458 e. The van der Waals surface area contributed by atoms with Crippen molar-refractivity contribution in [2.24, 2.45) is 40.4 Å². The number of aliphatic hydroxyl groups excluding tert-OH is 2. The highest BCUT2D eigenvalue weighted by Gasteiger charge is 2.59. The lowest BCUT2D eigenvalue weighted by Gasteiger charge is -2.58. The van der Waals surface area contributed by atoms with Crippen molar-refractivity contribution in [2.45, 2.75) is 90.8 Å². The highest BCUT2D eigenvalue weighted by Crippen LogP contribution is 2.67. The van der Waals surface area contributed by atoms with Gasteiger partial charge >= 0.3 is 5.97 Å². The van der Waals surface area contributed by atoms with Gasteiger partial charge in [-0.15, -0.1) is 0 Å². The lowest BCUT2D eigenvalue weighted by Crippen LogP contribution is -2.51. The van der Waals surface area contributed by atoms with E-state index in [0.29, 0.717) is 22.8 Å². The van der Waals surface area contributed by atoms with Gasteiger partial charge in [-0.3, -0.25) is 0 Å². The summed E-state index contributed by atoms with van der Waals surface area (Å²) in [6, 6.07) is 0. The maximum Gasteiger partial charge on any atom is 0.336 e. The third kappa shape index (κ3) is 3.27. The molecule has 0 amide bonds. The van der Waals surface area contributed by atoms with Crippen LogP contribution in [0.5, 0.6) is 0 Å².